The molecule has 3 saturated carbocycles. The average Bonchev–Trinajstić information content (AvgIpc) is 3.58. The molecule has 2 aromatic heterocycles. The molecule has 0 saturated heterocycles. The lowest BCUT2D eigenvalue weighted by Crippen LogP contribution is -2.56. The zero-order chi connectivity index (χ0) is 38.8. The molecule has 3 aromatic rings. The number of nitrogens with zero attached hydrogens (tertiary/aromatic N) is 7. The maximum atomic E-state index is 14.6. The van der Waals surface area contributed by atoms with E-state index in [2.05, 4.69) is 53.2 Å². The predicted octanol–water partition coefficient (Wildman–Crippen LogP) is 1.62. The van der Waals surface area contributed by atoms with Crippen LogP contribution < -0.4 is 24.8 Å². The summed E-state index contributed by atoms with van der Waals surface area (Å²) in [5.41, 5.74) is -1.75. The Labute approximate surface area is 311 Å². The van der Waals surface area contributed by atoms with Gasteiger partial charge < -0.3 is 20.1 Å². The maximum Gasteiger partial charge on any atom is 0.408 e. The third-order valence-electron chi connectivity index (χ3n) is 10.2. The molecule has 0 aliphatic heterocycles. The van der Waals surface area contributed by atoms with Gasteiger partial charge in [0.15, 0.2) is 5.78 Å². The Morgan fingerprint density at radius 2 is 1.83 bits per heavy atom. The number of carbonyl (C=O) groups is 4. The van der Waals surface area contributed by atoms with Gasteiger partial charge >= 0.3 is 16.3 Å². The Bertz CT molecular complexity index is 1980. The molecule has 2 unspecified atom stereocenters. The lowest BCUT2D eigenvalue weighted by atomic mass is 9.77. The number of rotatable bonds is 15. The Balaban J connectivity index is 1.27. The Hall–Kier alpha value is -5.47. The van der Waals surface area contributed by atoms with Gasteiger partial charge in [0, 0.05) is 17.4 Å². The quantitative estimate of drug-likeness (QED) is 0.138. The molecule has 6 atom stereocenters. The summed E-state index contributed by atoms with van der Waals surface area (Å²) < 4.78 is 40.3. The minimum Gasteiger partial charge on any atom is -0.497 e. The fourth-order valence-electron chi connectivity index (χ4n) is 6.94. The number of hydrogen-bond acceptors (Lipinski definition) is 14. The van der Waals surface area contributed by atoms with Crippen LogP contribution in [0.2, 0.25) is 0 Å². The SMILES string of the molecule is C=CC[C@@H]1C[C@@]1(NC(=O)[C@@H]1C[C@@H](n2nnc(-c3ccc(OC)cc3)n2)CC1C(=O)C(NC(=O)OC1CCC1)C(C)(C)C)C(=O)NS(=O)(=O)Nc1nn[nH]n1. The van der Waals surface area contributed by atoms with Crippen LogP contribution in [0.5, 0.6) is 5.75 Å². The fourth-order valence-corrected chi connectivity index (χ4v) is 7.74. The molecule has 290 valence electrons. The first kappa shape index (κ1) is 38.3. The van der Waals surface area contributed by atoms with E-state index in [-0.39, 0.29) is 31.8 Å². The van der Waals surface area contributed by atoms with Gasteiger partial charge in [-0.2, -0.15) is 18.4 Å². The molecule has 1 aromatic carbocycles. The topological polar surface area (TPSA) is 267 Å². The van der Waals surface area contributed by atoms with Crippen molar-refractivity contribution < 1.29 is 37.1 Å². The summed E-state index contributed by atoms with van der Waals surface area (Å²) in [5, 5.41) is 31.0. The summed E-state index contributed by atoms with van der Waals surface area (Å²) in [7, 11) is -2.98. The Morgan fingerprint density at radius 1 is 1.11 bits per heavy atom. The van der Waals surface area contributed by atoms with E-state index in [0.29, 0.717) is 17.1 Å². The zero-order valence-corrected chi connectivity index (χ0v) is 31.1. The highest BCUT2D eigenvalue weighted by Crippen LogP contribution is 2.48. The van der Waals surface area contributed by atoms with E-state index in [4.69, 9.17) is 9.47 Å². The van der Waals surface area contributed by atoms with Crippen molar-refractivity contribution in [2.24, 2.45) is 23.2 Å². The van der Waals surface area contributed by atoms with Crippen molar-refractivity contribution >= 4 is 39.8 Å². The molecule has 3 aliphatic rings. The molecular formula is C33H44N12O8S. The number of aromatic nitrogens is 8. The van der Waals surface area contributed by atoms with Crippen LogP contribution in [0.25, 0.3) is 11.4 Å². The van der Waals surface area contributed by atoms with Crippen molar-refractivity contribution in [1.82, 2.24) is 56.2 Å². The first-order valence-electron chi connectivity index (χ1n) is 17.6. The smallest absolute Gasteiger partial charge is 0.408 e. The van der Waals surface area contributed by atoms with Crippen LogP contribution in [0.1, 0.15) is 71.8 Å². The van der Waals surface area contributed by atoms with Crippen LogP contribution >= 0.6 is 0 Å². The number of nitrogens with one attached hydrogen (secondary N) is 5. The van der Waals surface area contributed by atoms with Gasteiger partial charge in [-0.15, -0.1) is 21.9 Å². The molecule has 5 N–H and O–H groups in total. The number of alkyl carbamates (subject to hydrolysis) is 1. The molecule has 21 heteroatoms. The number of ketones is 1. The number of aromatic amines is 1. The number of Topliss-reactive ketones (excluding diaryl/α,β-unsaturated/α-hetero) is 1. The summed E-state index contributed by atoms with van der Waals surface area (Å²) >= 11 is 0. The summed E-state index contributed by atoms with van der Waals surface area (Å²) in [6.45, 7) is 9.13. The van der Waals surface area contributed by atoms with Crippen molar-refractivity contribution in [3.63, 3.8) is 0 Å². The van der Waals surface area contributed by atoms with Gasteiger partial charge in [0.1, 0.15) is 17.4 Å². The molecule has 0 radical (unpaired) electrons. The molecule has 6 rings (SSSR count). The molecule has 0 spiro atoms. The molecule has 3 amide bonds. The van der Waals surface area contributed by atoms with Crippen LogP contribution in [0.15, 0.2) is 36.9 Å². The molecule has 54 heavy (non-hydrogen) atoms. The Morgan fingerprint density at radius 3 is 2.44 bits per heavy atom. The second-order valence-electron chi connectivity index (χ2n) is 15.0. The highest BCUT2D eigenvalue weighted by atomic mass is 32.2. The monoisotopic (exact) mass is 768 g/mol. The number of benzene rings is 1. The first-order valence-corrected chi connectivity index (χ1v) is 19.1. The number of tetrazole rings is 2. The van der Waals surface area contributed by atoms with E-state index in [1.54, 1.807) is 58.2 Å². The van der Waals surface area contributed by atoms with E-state index in [0.717, 1.165) is 19.3 Å². The summed E-state index contributed by atoms with van der Waals surface area (Å²) in [5.74, 6) is -3.98. The van der Waals surface area contributed by atoms with Crippen molar-refractivity contribution in [1.29, 1.82) is 0 Å². The number of hydrogen-bond donors (Lipinski definition) is 5. The number of H-pyrrole nitrogens is 1. The van der Waals surface area contributed by atoms with E-state index < -0.39 is 80.6 Å². The zero-order valence-electron chi connectivity index (χ0n) is 30.3. The number of methoxy groups -OCH3 is 1. The lowest BCUT2D eigenvalue weighted by Gasteiger charge is -2.34. The molecular weight excluding hydrogens is 725 g/mol. The number of ether oxygens (including phenoxy) is 2. The second-order valence-corrected chi connectivity index (χ2v) is 16.4. The molecule has 0 bridgehead atoms. The van der Waals surface area contributed by atoms with Gasteiger partial charge in [0.2, 0.25) is 11.7 Å². The van der Waals surface area contributed by atoms with Crippen LogP contribution in [0.4, 0.5) is 10.7 Å². The summed E-state index contributed by atoms with van der Waals surface area (Å²) in [6.07, 6.45) is 3.65. The highest BCUT2D eigenvalue weighted by Gasteiger charge is 2.62. The van der Waals surface area contributed by atoms with Gasteiger partial charge in [-0.25, -0.2) is 14.2 Å². The van der Waals surface area contributed by atoms with Crippen molar-refractivity contribution in [3.8, 4) is 17.1 Å². The van der Waals surface area contributed by atoms with E-state index in [9.17, 15) is 27.6 Å². The van der Waals surface area contributed by atoms with E-state index in [1.807, 2.05) is 9.44 Å². The number of allylic oxidation sites excluding steroid dienone is 1. The minimum atomic E-state index is -4.53. The molecule has 20 nitrogen and oxygen atoms in total. The fraction of sp³-hybridized carbons (Fsp3) is 0.576. The molecule has 2 heterocycles. The largest absolute Gasteiger partial charge is 0.497 e. The van der Waals surface area contributed by atoms with Gasteiger partial charge in [0.25, 0.3) is 11.9 Å². The van der Waals surface area contributed by atoms with Crippen molar-refractivity contribution in [2.75, 3.05) is 11.8 Å². The molecule has 3 fully saturated rings. The van der Waals surface area contributed by atoms with Crippen molar-refractivity contribution in [2.45, 2.75) is 89.4 Å². The highest BCUT2D eigenvalue weighted by molar-refractivity contribution is 7.91. The Kier molecular flexibility index (Phi) is 10.7. The third kappa shape index (κ3) is 8.34. The lowest BCUT2D eigenvalue weighted by molar-refractivity contribution is -0.137. The number of carbonyl (C=O) groups excluding carboxylic acids is 4. The molecule has 3 aliphatic carbocycles. The van der Waals surface area contributed by atoms with E-state index >= 15 is 0 Å². The van der Waals surface area contributed by atoms with Crippen LogP contribution in [0, 0.1) is 23.2 Å². The van der Waals surface area contributed by atoms with Crippen LogP contribution in [-0.2, 0) is 29.3 Å². The first-order chi connectivity index (χ1) is 25.6. The number of amides is 3. The normalized spacial score (nSPS) is 24.4. The van der Waals surface area contributed by atoms with Gasteiger partial charge in [-0.3, -0.25) is 14.4 Å². The number of anilines is 1. The van der Waals surface area contributed by atoms with Crippen molar-refractivity contribution in [3.05, 3.63) is 36.9 Å². The standard InChI is InChI=1S/C33H44N12O8S/c1-6-8-19-17-33(19,29(48)40-54(50,51)41-30-37-42-43-38-30)35-28(47)24-16-20(45-39-27(36-44-45)18-11-13-21(52-5)14-12-18)15-23(24)25(46)26(32(2,3)4)34-31(49)53-22-9-7-10-22/h6,11-14,19-20,22-24,26H,1,7-10,15-17H2,2-5H3,(H,34,49)(H,35,47)(H,40,48)(H2,37,38,41,42,43)/t19-,20+,23?,24-,26?,33+/m1/s1. The second kappa shape index (κ2) is 15.1. The summed E-state index contributed by atoms with van der Waals surface area (Å²) in [4.78, 5) is 56.9. The minimum absolute atomic E-state index is 0.0749. The van der Waals surface area contributed by atoms with Crippen LogP contribution in [-0.4, -0.2) is 97.7 Å². The van der Waals surface area contributed by atoms with Gasteiger partial charge in [0.05, 0.1) is 19.2 Å². The predicted molar refractivity (Wildman–Crippen MR) is 189 cm³/mol. The maximum absolute atomic E-state index is 14.6. The summed E-state index contributed by atoms with van der Waals surface area (Å²) in [6, 6.07) is 5.44. The third-order valence-corrected chi connectivity index (χ3v) is 11.1. The average molecular weight is 769 g/mol. The van der Waals surface area contributed by atoms with Gasteiger partial charge in [-0.05, 0) is 91.0 Å². The van der Waals surface area contributed by atoms with Crippen LogP contribution in [0.3, 0.4) is 0 Å². The van der Waals surface area contributed by atoms with E-state index in [1.165, 1.54) is 4.80 Å². The van der Waals surface area contributed by atoms with Gasteiger partial charge in [-0.1, -0.05) is 31.9 Å².